The summed E-state index contributed by atoms with van der Waals surface area (Å²) in [6.07, 6.45) is 3.62. The third-order valence-corrected chi connectivity index (χ3v) is 6.49. The van der Waals surface area contributed by atoms with Crippen molar-refractivity contribution in [1.82, 2.24) is 15.5 Å². The van der Waals surface area contributed by atoms with E-state index in [1.165, 1.54) is 6.26 Å². The molecule has 5 rings (SSSR count). The van der Waals surface area contributed by atoms with E-state index in [9.17, 15) is 19.5 Å². The molecule has 0 aliphatic heterocycles. The molecule has 0 spiro atoms. The van der Waals surface area contributed by atoms with E-state index in [1.54, 1.807) is 35.2 Å². The van der Waals surface area contributed by atoms with Crippen LogP contribution < -0.4 is 20.0 Å². The minimum absolute atomic E-state index is 0.145. The number of benzene rings is 3. The van der Waals surface area contributed by atoms with Crippen molar-refractivity contribution in [1.29, 1.82) is 0 Å². The first-order chi connectivity index (χ1) is 19.4. The summed E-state index contributed by atoms with van der Waals surface area (Å²) in [5, 5.41) is 19.4. The van der Waals surface area contributed by atoms with Gasteiger partial charge < -0.3 is 19.6 Å². The molecule has 1 amide bonds. The summed E-state index contributed by atoms with van der Waals surface area (Å²) in [4.78, 5) is 37.8. The number of nitrogens with one attached hydrogen (secondary N) is 2. The van der Waals surface area contributed by atoms with Crippen LogP contribution in [0.1, 0.15) is 18.1 Å². The van der Waals surface area contributed by atoms with Gasteiger partial charge in [-0.15, -0.1) is 5.10 Å². The Morgan fingerprint density at radius 1 is 1.10 bits per heavy atom. The van der Waals surface area contributed by atoms with Gasteiger partial charge in [0, 0.05) is 17.6 Å². The number of carboxylic acid groups (broad SMARTS) is 1. The van der Waals surface area contributed by atoms with Gasteiger partial charge in [-0.1, -0.05) is 55.5 Å². The van der Waals surface area contributed by atoms with Crippen LogP contribution in [0.3, 0.4) is 0 Å². The molecular formula is C30H27N4O6+. The zero-order chi connectivity index (χ0) is 28.1. The third-order valence-electron chi connectivity index (χ3n) is 6.49. The lowest BCUT2D eigenvalue weighted by Gasteiger charge is -2.16. The summed E-state index contributed by atoms with van der Waals surface area (Å²) in [5.41, 5.74) is 2.67. The Morgan fingerprint density at radius 2 is 1.82 bits per heavy atom. The number of aromatic amines is 1. The van der Waals surface area contributed by atoms with Crippen molar-refractivity contribution in [2.45, 2.75) is 25.8 Å². The summed E-state index contributed by atoms with van der Waals surface area (Å²) in [6, 6.07) is 20.7. The molecule has 0 aliphatic rings. The van der Waals surface area contributed by atoms with Crippen molar-refractivity contribution in [2.75, 3.05) is 6.61 Å². The first-order valence-electron chi connectivity index (χ1n) is 12.7. The van der Waals surface area contributed by atoms with Crippen molar-refractivity contribution in [2.24, 2.45) is 0 Å². The quantitative estimate of drug-likeness (QED) is 0.232. The lowest BCUT2D eigenvalue weighted by atomic mass is 10.1. The molecule has 1 atom stereocenters. The standard InChI is InChI=1S/C30H26N4O6/c1-2-20-14-22-26(39-16-23(28(22)36)29-33-31-18-34(29)21-11-7-4-8-12-21)15-25(20)40-17-27(35)32-24(30(37)38)13-19-9-5-3-6-10-19/h3-12,14-16,18,24H,2,13,17H2,1H3,(H2,32,35,37,38)/p+1/t24-/m0/s1. The van der Waals surface area contributed by atoms with Gasteiger partial charge in [0.05, 0.1) is 5.39 Å². The monoisotopic (exact) mass is 539 g/mol. The first kappa shape index (κ1) is 26.4. The molecule has 3 aromatic carbocycles. The molecule has 0 saturated heterocycles. The number of aliphatic carboxylic acids is 1. The summed E-state index contributed by atoms with van der Waals surface area (Å²) in [7, 11) is 0. The molecule has 2 aromatic heterocycles. The number of amides is 1. The highest BCUT2D eigenvalue weighted by Gasteiger charge is 2.23. The maximum atomic E-state index is 13.5. The zero-order valence-electron chi connectivity index (χ0n) is 21.7. The second-order valence-corrected chi connectivity index (χ2v) is 9.14. The van der Waals surface area contributed by atoms with Crippen molar-refractivity contribution < 1.29 is 28.4 Å². The van der Waals surface area contributed by atoms with Gasteiger partial charge in [0.25, 0.3) is 18.1 Å². The average molecular weight is 540 g/mol. The van der Waals surface area contributed by atoms with Crippen molar-refractivity contribution in [3.05, 3.63) is 107 Å². The highest BCUT2D eigenvalue weighted by molar-refractivity contribution is 5.85. The fourth-order valence-corrected chi connectivity index (χ4v) is 4.44. The molecule has 3 N–H and O–H groups in total. The van der Waals surface area contributed by atoms with Crippen LogP contribution in [0.15, 0.2) is 94.6 Å². The molecule has 0 saturated carbocycles. The SMILES string of the molecule is CCc1cc2c(=O)c(-c3[nH]nc[n+]3-c3ccccc3)coc2cc1OCC(=O)N[C@@H](Cc1ccccc1)C(=O)O. The van der Waals surface area contributed by atoms with Gasteiger partial charge in [0.2, 0.25) is 5.43 Å². The fraction of sp³-hybridized carbons (Fsp3) is 0.167. The predicted molar refractivity (Wildman–Crippen MR) is 146 cm³/mol. The van der Waals surface area contributed by atoms with Crippen LogP contribution in [-0.4, -0.2) is 39.8 Å². The summed E-state index contributed by atoms with van der Waals surface area (Å²) >= 11 is 0. The maximum absolute atomic E-state index is 13.5. The van der Waals surface area contributed by atoms with E-state index in [0.717, 1.165) is 11.3 Å². The van der Waals surface area contributed by atoms with Crippen LogP contribution in [0.5, 0.6) is 5.75 Å². The van der Waals surface area contributed by atoms with Gasteiger partial charge in [0.1, 0.15) is 34.9 Å². The van der Waals surface area contributed by atoms with Crippen molar-refractivity contribution >= 4 is 22.8 Å². The van der Waals surface area contributed by atoms with Crippen LogP contribution in [0.2, 0.25) is 0 Å². The Labute approximate surface area is 228 Å². The van der Waals surface area contributed by atoms with Crippen molar-refractivity contribution in [3.8, 4) is 22.8 Å². The number of aromatic nitrogens is 3. The zero-order valence-corrected chi connectivity index (χ0v) is 21.7. The van der Waals surface area contributed by atoms with Crippen LogP contribution in [0, 0.1) is 0 Å². The third kappa shape index (κ3) is 5.60. The van der Waals surface area contributed by atoms with E-state index in [2.05, 4.69) is 15.5 Å². The van der Waals surface area contributed by atoms with E-state index in [-0.39, 0.29) is 11.8 Å². The molecule has 0 bridgehead atoms. The van der Waals surface area contributed by atoms with Crippen LogP contribution in [0.4, 0.5) is 0 Å². The van der Waals surface area contributed by atoms with Crippen LogP contribution in [0.25, 0.3) is 28.0 Å². The van der Waals surface area contributed by atoms with E-state index >= 15 is 0 Å². The van der Waals surface area contributed by atoms with Gasteiger partial charge in [-0.05, 0) is 35.7 Å². The Balaban J connectivity index is 1.36. The highest BCUT2D eigenvalue weighted by Crippen LogP contribution is 2.27. The summed E-state index contributed by atoms with van der Waals surface area (Å²) in [6.45, 7) is 1.50. The molecule has 5 aromatic rings. The minimum Gasteiger partial charge on any atom is -0.483 e. The first-order valence-corrected chi connectivity index (χ1v) is 12.7. The Morgan fingerprint density at radius 3 is 2.52 bits per heavy atom. The number of carbonyl (C=O) groups is 2. The number of ether oxygens (including phenoxy) is 1. The van der Waals surface area contributed by atoms with E-state index in [0.29, 0.717) is 40.1 Å². The number of hydrogen-bond acceptors (Lipinski definition) is 6. The smallest absolute Gasteiger partial charge is 0.326 e. The van der Waals surface area contributed by atoms with Gasteiger partial charge in [-0.25, -0.2) is 4.79 Å². The summed E-state index contributed by atoms with van der Waals surface area (Å²) < 4.78 is 13.4. The lowest BCUT2D eigenvalue weighted by molar-refractivity contribution is -0.584. The number of fused-ring (bicyclic) bond motifs is 1. The number of aryl methyl sites for hydroxylation is 1. The van der Waals surface area contributed by atoms with Gasteiger partial charge in [-0.2, -0.15) is 4.57 Å². The van der Waals surface area contributed by atoms with Gasteiger partial charge >= 0.3 is 5.97 Å². The molecule has 0 unspecified atom stereocenters. The molecule has 0 radical (unpaired) electrons. The van der Waals surface area contributed by atoms with E-state index in [4.69, 9.17) is 9.15 Å². The number of H-pyrrole nitrogens is 1. The Bertz CT molecular complexity index is 1710. The van der Waals surface area contributed by atoms with E-state index in [1.807, 2.05) is 55.5 Å². The molecule has 0 aliphatic carbocycles. The molecule has 10 nitrogen and oxygen atoms in total. The number of rotatable bonds is 10. The Hall–Kier alpha value is -5.25. The van der Waals surface area contributed by atoms with Crippen LogP contribution in [-0.2, 0) is 22.4 Å². The van der Waals surface area contributed by atoms with Gasteiger partial charge in [-0.3, -0.25) is 9.59 Å². The van der Waals surface area contributed by atoms with Crippen LogP contribution >= 0.6 is 0 Å². The fourth-order valence-electron chi connectivity index (χ4n) is 4.44. The van der Waals surface area contributed by atoms with E-state index < -0.39 is 24.5 Å². The normalized spacial score (nSPS) is 11.7. The minimum atomic E-state index is -1.14. The number of carbonyl (C=O) groups excluding carboxylic acids is 1. The molecule has 202 valence electrons. The highest BCUT2D eigenvalue weighted by atomic mass is 16.5. The largest absolute Gasteiger partial charge is 0.483 e. The number of carboxylic acids is 1. The lowest BCUT2D eigenvalue weighted by Crippen LogP contribution is -2.44. The molecule has 40 heavy (non-hydrogen) atoms. The molecule has 10 heteroatoms. The number of hydrogen-bond donors (Lipinski definition) is 3. The summed E-state index contributed by atoms with van der Waals surface area (Å²) in [5.74, 6) is -0.871. The molecular weight excluding hydrogens is 512 g/mol. The second-order valence-electron chi connectivity index (χ2n) is 9.14. The van der Waals surface area contributed by atoms with Gasteiger partial charge in [0.15, 0.2) is 6.61 Å². The maximum Gasteiger partial charge on any atom is 0.326 e. The Kier molecular flexibility index (Phi) is 7.68. The number of para-hydroxylation sites is 1. The van der Waals surface area contributed by atoms with Crippen molar-refractivity contribution in [3.63, 3.8) is 0 Å². The predicted octanol–water partition coefficient (Wildman–Crippen LogP) is 3.21. The average Bonchev–Trinajstić information content (AvgIpc) is 3.46. The molecule has 2 heterocycles. The second kappa shape index (κ2) is 11.6. The topological polar surface area (TPSA) is 138 Å². The number of nitrogens with zero attached hydrogens (tertiary/aromatic N) is 2. The molecule has 0 fully saturated rings.